The van der Waals surface area contributed by atoms with Crippen molar-refractivity contribution in [1.29, 1.82) is 0 Å². The van der Waals surface area contributed by atoms with Gasteiger partial charge in [-0.15, -0.1) is 6.58 Å². The number of rotatable bonds is 8. The van der Waals surface area contributed by atoms with Crippen molar-refractivity contribution in [2.45, 2.75) is 44.7 Å². The summed E-state index contributed by atoms with van der Waals surface area (Å²) in [6.07, 6.45) is 7.36. The zero-order chi connectivity index (χ0) is 11.6. The Morgan fingerprint density at radius 2 is 2.44 bits per heavy atom. The fourth-order valence-corrected chi connectivity index (χ4v) is 2.77. The van der Waals surface area contributed by atoms with Crippen molar-refractivity contribution in [3.05, 3.63) is 12.7 Å². The smallest absolute Gasteiger partial charge is 0.0111 e. The summed E-state index contributed by atoms with van der Waals surface area (Å²) in [7, 11) is 0. The molecule has 1 aliphatic heterocycles. The molecular formula is C13H26N2S. The van der Waals surface area contributed by atoms with Gasteiger partial charge in [0.1, 0.15) is 0 Å². The van der Waals surface area contributed by atoms with Gasteiger partial charge in [0.2, 0.25) is 0 Å². The summed E-state index contributed by atoms with van der Waals surface area (Å²) in [4.78, 5) is 0. The maximum absolute atomic E-state index is 3.72. The predicted octanol–water partition coefficient (Wildman–Crippen LogP) is 2.42. The molecule has 3 heteroatoms. The first-order valence-electron chi connectivity index (χ1n) is 6.48. The van der Waals surface area contributed by atoms with Crippen LogP contribution in [0.25, 0.3) is 0 Å². The Bertz CT molecular complexity index is 179. The van der Waals surface area contributed by atoms with E-state index in [-0.39, 0.29) is 0 Å². The molecule has 0 aromatic carbocycles. The van der Waals surface area contributed by atoms with Crippen LogP contribution in [0.3, 0.4) is 0 Å². The fourth-order valence-electron chi connectivity index (χ4n) is 2.18. The Hall–Kier alpha value is 0.01000. The standard InChI is InChI=1S/C13H26N2S/c1-3-9-16-10-8-14-12(2)11-13-6-4-5-7-15-13/h3,12-15H,1,4-11H2,2H3. The van der Waals surface area contributed by atoms with Gasteiger partial charge in [0.25, 0.3) is 0 Å². The van der Waals surface area contributed by atoms with E-state index < -0.39 is 0 Å². The molecule has 0 aromatic heterocycles. The van der Waals surface area contributed by atoms with Gasteiger partial charge < -0.3 is 10.6 Å². The van der Waals surface area contributed by atoms with Gasteiger partial charge in [-0.3, -0.25) is 0 Å². The average molecular weight is 242 g/mol. The number of piperidine rings is 1. The molecule has 0 spiro atoms. The molecule has 1 aliphatic rings. The average Bonchev–Trinajstić information content (AvgIpc) is 2.30. The van der Waals surface area contributed by atoms with Crippen LogP contribution in [0.4, 0.5) is 0 Å². The van der Waals surface area contributed by atoms with Crippen LogP contribution in [0.15, 0.2) is 12.7 Å². The summed E-state index contributed by atoms with van der Waals surface area (Å²) >= 11 is 1.95. The van der Waals surface area contributed by atoms with E-state index in [2.05, 4.69) is 24.1 Å². The second-order valence-corrected chi connectivity index (χ2v) is 5.75. The van der Waals surface area contributed by atoms with Gasteiger partial charge in [-0.25, -0.2) is 0 Å². The Morgan fingerprint density at radius 3 is 3.12 bits per heavy atom. The summed E-state index contributed by atoms with van der Waals surface area (Å²) in [6.45, 7) is 8.35. The van der Waals surface area contributed by atoms with Gasteiger partial charge in [-0.05, 0) is 32.7 Å². The van der Waals surface area contributed by atoms with Crippen LogP contribution in [-0.2, 0) is 0 Å². The van der Waals surface area contributed by atoms with Crippen molar-refractivity contribution in [3.63, 3.8) is 0 Å². The number of hydrogen-bond donors (Lipinski definition) is 2. The Morgan fingerprint density at radius 1 is 1.56 bits per heavy atom. The van der Waals surface area contributed by atoms with E-state index in [0.29, 0.717) is 6.04 Å². The number of thioether (sulfide) groups is 1. The first-order valence-corrected chi connectivity index (χ1v) is 7.64. The monoisotopic (exact) mass is 242 g/mol. The minimum absolute atomic E-state index is 0.639. The van der Waals surface area contributed by atoms with Crippen LogP contribution in [0.1, 0.15) is 32.6 Å². The highest BCUT2D eigenvalue weighted by Gasteiger charge is 2.14. The van der Waals surface area contributed by atoms with Crippen LogP contribution in [0, 0.1) is 0 Å². The van der Waals surface area contributed by atoms with Crippen molar-refractivity contribution in [1.82, 2.24) is 10.6 Å². The van der Waals surface area contributed by atoms with Crippen molar-refractivity contribution >= 4 is 11.8 Å². The molecule has 0 amide bonds. The molecular weight excluding hydrogens is 216 g/mol. The molecule has 1 saturated heterocycles. The molecule has 1 fully saturated rings. The van der Waals surface area contributed by atoms with E-state index in [4.69, 9.17) is 0 Å². The molecule has 0 aromatic rings. The third-order valence-electron chi connectivity index (χ3n) is 3.03. The predicted molar refractivity (Wildman–Crippen MR) is 75.2 cm³/mol. The summed E-state index contributed by atoms with van der Waals surface area (Å²) in [5.41, 5.74) is 0. The van der Waals surface area contributed by atoms with Gasteiger partial charge in [0.05, 0.1) is 0 Å². The maximum atomic E-state index is 3.72. The molecule has 2 atom stereocenters. The van der Waals surface area contributed by atoms with E-state index in [0.717, 1.165) is 18.3 Å². The topological polar surface area (TPSA) is 24.1 Å². The van der Waals surface area contributed by atoms with Gasteiger partial charge in [0.15, 0.2) is 0 Å². The minimum Gasteiger partial charge on any atom is -0.314 e. The van der Waals surface area contributed by atoms with Crippen molar-refractivity contribution in [2.75, 3.05) is 24.6 Å². The van der Waals surface area contributed by atoms with Crippen LogP contribution in [-0.4, -0.2) is 36.7 Å². The van der Waals surface area contributed by atoms with E-state index in [9.17, 15) is 0 Å². The lowest BCUT2D eigenvalue weighted by Gasteiger charge is -2.26. The summed E-state index contributed by atoms with van der Waals surface area (Å²) in [6, 6.07) is 1.39. The Labute approximate surface area is 105 Å². The van der Waals surface area contributed by atoms with Gasteiger partial charge in [-0.1, -0.05) is 12.5 Å². The van der Waals surface area contributed by atoms with Gasteiger partial charge in [0, 0.05) is 30.1 Å². The molecule has 0 saturated carbocycles. The second kappa shape index (κ2) is 9.08. The van der Waals surface area contributed by atoms with E-state index in [1.165, 1.54) is 38.0 Å². The lowest BCUT2D eigenvalue weighted by molar-refractivity contribution is 0.348. The zero-order valence-electron chi connectivity index (χ0n) is 10.5. The lowest BCUT2D eigenvalue weighted by atomic mass is 9.99. The first-order chi connectivity index (χ1) is 7.83. The summed E-state index contributed by atoms with van der Waals surface area (Å²) in [5.74, 6) is 2.26. The molecule has 0 aliphatic carbocycles. The molecule has 2 N–H and O–H groups in total. The highest BCUT2D eigenvalue weighted by atomic mass is 32.2. The van der Waals surface area contributed by atoms with E-state index in [1.807, 2.05) is 17.8 Å². The van der Waals surface area contributed by atoms with Crippen LogP contribution >= 0.6 is 11.8 Å². The minimum atomic E-state index is 0.639. The molecule has 16 heavy (non-hydrogen) atoms. The molecule has 94 valence electrons. The van der Waals surface area contributed by atoms with Crippen molar-refractivity contribution < 1.29 is 0 Å². The largest absolute Gasteiger partial charge is 0.314 e. The van der Waals surface area contributed by atoms with Crippen LogP contribution < -0.4 is 10.6 Å². The third kappa shape index (κ3) is 6.56. The fraction of sp³-hybridized carbons (Fsp3) is 0.846. The Kier molecular flexibility index (Phi) is 7.99. The maximum Gasteiger partial charge on any atom is 0.0111 e. The molecule has 0 bridgehead atoms. The Balaban J connectivity index is 1.96. The SMILES string of the molecule is C=CCSCCNC(C)CC1CCCCN1. The molecule has 1 rings (SSSR count). The van der Waals surface area contributed by atoms with Crippen molar-refractivity contribution in [3.8, 4) is 0 Å². The highest BCUT2D eigenvalue weighted by molar-refractivity contribution is 7.99. The number of nitrogens with one attached hydrogen (secondary N) is 2. The van der Waals surface area contributed by atoms with Gasteiger partial charge >= 0.3 is 0 Å². The third-order valence-corrected chi connectivity index (χ3v) is 3.99. The molecule has 0 radical (unpaired) electrons. The van der Waals surface area contributed by atoms with Crippen LogP contribution in [0.5, 0.6) is 0 Å². The quantitative estimate of drug-likeness (QED) is 0.505. The van der Waals surface area contributed by atoms with Crippen LogP contribution in [0.2, 0.25) is 0 Å². The lowest BCUT2D eigenvalue weighted by Crippen LogP contribution is -2.40. The van der Waals surface area contributed by atoms with E-state index in [1.54, 1.807) is 0 Å². The molecule has 1 heterocycles. The molecule has 2 nitrogen and oxygen atoms in total. The first kappa shape index (κ1) is 14.1. The zero-order valence-corrected chi connectivity index (χ0v) is 11.3. The summed E-state index contributed by atoms with van der Waals surface area (Å²) < 4.78 is 0. The second-order valence-electron chi connectivity index (χ2n) is 4.60. The van der Waals surface area contributed by atoms with E-state index >= 15 is 0 Å². The normalized spacial score (nSPS) is 22.9. The van der Waals surface area contributed by atoms with Gasteiger partial charge in [-0.2, -0.15) is 11.8 Å². The van der Waals surface area contributed by atoms with Crippen molar-refractivity contribution in [2.24, 2.45) is 0 Å². The molecule has 2 unspecified atom stereocenters. The highest BCUT2D eigenvalue weighted by Crippen LogP contribution is 2.11. The number of hydrogen-bond acceptors (Lipinski definition) is 3. The summed E-state index contributed by atoms with van der Waals surface area (Å²) in [5, 5.41) is 7.20.